The Balaban J connectivity index is 2.04. The average Bonchev–Trinajstić information content (AvgIpc) is 2.39. The van der Waals surface area contributed by atoms with Gasteiger partial charge < -0.3 is 0 Å². The zero-order valence-electron chi connectivity index (χ0n) is 7.27. The molecule has 0 saturated carbocycles. The predicted molar refractivity (Wildman–Crippen MR) is 47.8 cm³/mol. The molecule has 2 aliphatic rings. The van der Waals surface area contributed by atoms with Crippen LogP contribution in [0.3, 0.4) is 0 Å². The van der Waals surface area contributed by atoms with Crippen LogP contribution in [0.15, 0.2) is 36.0 Å². The topological polar surface area (TPSA) is 54.5 Å². The Hall–Kier alpha value is -1.97. The molecule has 0 spiro atoms. The molecule has 2 rings (SSSR count). The van der Waals surface area contributed by atoms with Crippen LogP contribution in [-0.2, 0) is 14.4 Å². The summed E-state index contributed by atoms with van der Waals surface area (Å²) in [5.74, 6) is -1.58. The smallest absolute Gasteiger partial charge is 0.260 e. The predicted octanol–water partition coefficient (Wildman–Crippen LogP) is 0.324. The second-order valence-corrected chi connectivity index (χ2v) is 3.02. The van der Waals surface area contributed by atoms with Crippen LogP contribution in [0.2, 0.25) is 0 Å². The first-order valence-electron chi connectivity index (χ1n) is 4.15. The van der Waals surface area contributed by atoms with Crippen LogP contribution >= 0.6 is 0 Å². The van der Waals surface area contributed by atoms with E-state index in [1.807, 2.05) is 0 Å². The van der Waals surface area contributed by atoms with Gasteiger partial charge >= 0.3 is 0 Å². The molecule has 4 heteroatoms. The number of hydrogen-bond donors (Lipinski definition) is 0. The Bertz CT molecular complexity index is 397. The highest BCUT2D eigenvalue weighted by atomic mass is 16.2. The van der Waals surface area contributed by atoms with Crippen LogP contribution in [0.1, 0.15) is 6.42 Å². The molecule has 3 amide bonds. The first-order valence-corrected chi connectivity index (χ1v) is 4.15. The number of allylic oxidation sites excluding steroid dienone is 3. The second kappa shape index (κ2) is 3.06. The van der Waals surface area contributed by atoms with Crippen molar-refractivity contribution < 1.29 is 14.4 Å². The maximum atomic E-state index is 11.4. The van der Waals surface area contributed by atoms with Crippen molar-refractivity contribution in [3.63, 3.8) is 0 Å². The Labute approximate surface area is 80.2 Å². The summed E-state index contributed by atoms with van der Waals surface area (Å²) in [7, 11) is 0. The van der Waals surface area contributed by atoms with Gasteiger partial charge in [-0.2, -0.15) is 0 Å². The minimum atomic E-state index is -0.552. The van der Waals surface area contributed by atoms with E-state index < -0.39 is 17.7 Å². The number of amides is 3. The fourth-order valence-corrected chi connectivity index (χ4v) is 1.25. The molecule has 14 heavy (non-hydrogen) atoms. The van der Waals surface area contributed by atoms with Gasteiger partial charge in [-0.15, -0.1) is 0 Å². The number of hydrogen-bond acceptors (Lipinski definition) is 3. The quantitative estimate of drug-likeness (QED) is 0.588. The normalized spacial score (nSPS) is 18.6. The Kier molecular flexibility index (Phi) is 1.89. The molecule has 0 unspecified atom stereocenters. The Morgan fingerprint density at radius 1 is 1.14 bits per heavy atom. The molecule has 0 atom stereocenters. The average molecular weight is 189 g/mol. The molecule has 4 nitrogen and oxygen atoms in total. The zero-order valence-corrected chi connectivity index (χ0v) is 7.27. The van der Waals surface area contributed by atoms with Gasteiger partial charge in [0.05, 0.1) is 6.42 Å². The summed E-state index contributed by atoms with van der Waals surface area (Å²) >= 11 is 0. The molecule has 0 fully saturated rings. The summed E-state index contributed by atoms with van der Waals surface area (Å²) in [5.41, 5.74) is 0.836. The molecule has 0 aromatic rings. The summed E-state index contributed by atoms with van der Waals surface area (Å²) in [6, 6.07) is 0. The molecule has 1 aliphatic heterocycles. The van der Waals surface area contributed by atoms with Gasteiger partial charge in [0.15, 0.2) is 0 Å². The van der Waals surface area contributed by atoms with Gasteiger partial charge in [-0.3, -0.25) is 14.4 Å². The third-order valence-corrected chi connectivity index (χ3v) is 2.03. The van der Waals surface area contributed by atoms with Gasteiger partial charge in [-0.05, 0) is 5.57 Å². The van der Waals surface area contributed by atoms with Gasteiger partial charge in [0.1, 0.15) is 0 Å². The van der Waals surface area contributed by atoms with Gasteiger partial charge in [0.25, 0.3) is 11.8 Å². The highest BCUT2D eigenvalue weighted by Gasteiger charge is 2.29. The molecule has 0 bridgehead atoms. The maximum Gasteiger partial charge on any atom is 0.260 e. The molecular weight excluding hydrogens is 182 g/mol. The van der Waals surface area contributed by atoms with E-state index in [0.717, 1.165) is 17.7 Å². The molecule has 70 valence electrons. The third kappa shape index (κ3) is 1.31. The van der Waals surface area contributed by atoms with E-state index in [9.17, 15) is 14.4 Å². The third-order valence-electron chi connectivity index (χ3n) is 2.03. The molecule has 0 N–H and O–H groups in total. The second-order valence-electron chi connectivity index (χ2n) is 3.02. The van der Waals surface area contributed by atoms with Crippen molar-refractivity contribution in [1.29, 1.82) is 0 Å². The Morgan fingerprint density at radius 3 is 2.14 bits per heavy atom. The lowest BCUT2D eigenvalue weighted by atomic mass is 10.0. The van der Waals surface area contributed by atoms with Crippen LogP contribution in [0.5, 0.6) is 0 Å². The van der Waals surface area contributed by atoms with Crippen molar-refractivity contribution in [2.45, 2.75) is 6.42 Å². The molecule has 0 aromatic heterocycles. The van der Waals surface area contributed by atoms with Crippen molar-refractivity contribution in [1.82, 2.24) is 4.90 Å². The van der Waals surface area contributed by atoms with Crippen LogP contribution in [0.25, 0.3) is 0 Å². The lowest BCUT2D eigenvalue weighted by molar-refractivity contribution is -0.147. The van der Waals surface area contributed by atoms with E-state index in [-0.39, 0.29) is 6.42 Å². The first kappa shape index (κ1) is 8.62. The summed E-state index contributed by atoms with van der Waals surface area (Å²) in [4.78, 5) is 34.2. The fourth-order valence-electron chi connectivity index (χ4n) is 1.25. The van der Waals surface area contributed by atoms with E-state index in [0.29, 0.717) is 4.90 Å². The van der Waals surface area contributed by atoms with Gasteiger partial charge in [-0.1, -0.05) is 18.2 Å². The number of carbonyl (C=O) groups excluding carboxylic acids is 3. The molecule has 1 heterocycles. The minimum absolute atomic E-state index is 0.107. The van der Waals surface area contributed by atoms with Gasteiger partial charge in [-0.25, -0.2) is 4.90 Å². The minimum Gasteiger partial charge on any atom is -0.274 e. The van der Waals surface area contributed by atoms with E-state index in [4.69, 9.17) is 0 Å². The van der Waals surface area contributed by atoms with Crippen molar-refractivity contribution in [2.75, 3.05) is 0 Å². The first-order chi connectivity index (χ1) is 6.68. The summed E-state index contributed by atoms with van der Waals surface area (Å²) < 4.78 is 0. The number of rotatable bonds is 2. The standard InChI is InChI=1S/C10H7NO3/c12-8-4-5-9(13)11(8)10(14)6-7-2-1-3-7/h1-5H,6H2. The lowest BCUT2D eigenvalue weighted by Crippen LogP contribution is -2.36. The summed E-state index contributed by atoms with van der Waals surface area (Å²) in [6.45, 7) is 0. The molecule has 1 aliphatic carbocycles. The molecular formula is C10H7NO3. The highest BCUT2D eigenvalue weighted by Crippen LogP contribution is 2.15. The zero-order chi connectivity index (χ0) is 10.1. The van der Waals surface area contributed by atoms with Crippen molar-refractivity contribution in [3.05, 3.63) is 36.0 Å². The van der Waals surface area contributed by atoms with Gasteiger partial charge in [0, 0.05) is 12.2 Å². The summed E-state index contributed by atoms with van der Waals surface area (Å²) in [5, 5.41) is 0. The molecule has 0 radical (unpaired) electrons. The SMILES string of the molecule is O=C1C=CC(=O)N1C(=O)CC1=CC=C1. The van der Waals surface area contributed by atoms with E-state index in [1.54, 1.807) is 18.2 Å². The largest absolute Gasteiger partial charge is 0.274 e. The number of imide groups is 3. The lowest BCUT2D eigenvalue weighted by Gasteiger charge is -2.13. The van der Waals surface area contributed by atoms with Crippen LogP contribution in [0.4, 0.5) is 0 Å². The highest BCUT2D eigenvalue weighted by molar-refractivity contribution is 6.22. The van der Waals surface area contributed by atoms with E-state index in [1.165, 1.54) is 0 Å². The maximum absolute atomic E-state index is 11.4. The van der Waals surface area contributed by atoms with E-state index >= 15 is 0 Å². The van der Waals surface area contributed by atoms with Crippen LogP contribution in [0, 0.1) is 0 Å². The molecule has 0 saturated heterocycles. The monoisotopic (exact) mass is 189 g/mol. The van der Waals surface area contributed by atoms with E-state index in [2.05, 4.69) is 0 Å². The molecule has 0 aromatic carbocycles. The Morgan fingerprint density at radius 2 is 1.71 bits per heavy atom. The number of nitrogens with zero attached hydrogens (tertiary/aromatic N) is 1. The van der Waals surface area contributed by atoms with Gasteiger partial charge in [0.2, 0.25) is 5.91 Å². The fraction of sp³-hybridized carbons (Fsp3) is 0.100. The van der Waals surface area contributed by atoms with Crippen LogP contribution < -0.4 is 0 Å². The number of carbonyl (C=O) groups is 3. The van der Waals surface area contributed by atoms with Crippen molar-refractivity contribution >= 4 is 17.7 Å². The van der Waals surface area contributed by atoms with Crippen LogP contribution in [-0.4, -0.2) is 22.6 Å². The van der Waals surface area contributed by atoms with Crippen molar-refractivity contribution in [3.8, 4) is 0 Å². The summed E-state index contributed by atoms with van der Waals surface area (Å²) in [6.07, 6.45) is 7.66. The van der Waals surface area contributed by atoms with Crippen molar-refractivity contribution in [2.24, 2.45) is 0 Å².